The van der Waals surface area contributed by atoms with E-state index in [1.165, 1.54) is 0 Å². The number of rotatable bonds is 4. The Balaban J connectivity index is 0.00000169. The van der Waals surface area contributed by atoms with Crippen molar-refractivity contribution in [3.05, 3.63) is 35.9 Å². The van der Waals surface area contributed by atoms with Gasteiger partial charge in [-0.3, -0.25) is 4.79 Å². The largest absolute Gasteiger partial charge is 1.00 e. The number of benzene rings is 1. The second kappa shape index (κ2) is 6.41. The number of fused-ring (bicyclic) bond motifs is 5. The van der Waals surface area contributed by atoms with Gasteiger partial charge in [0.25, 0.3) is 0 Å². The van der Waals surface area contributed by atoms with Gasteiger partial charge in [-0.1, -0.05) is 30.3 Å². The van der Waals surface area contributed by atoms with E-state index in [2.05, 4.69) is 14.1 Å². The van der Waals surface area contributed by atoms with Crippen LogP contribution in [0.5, 0.6) is 0 Å². The molecule has 0 saturated carbocycles. The molecule has 0 radical (unpaired) electrons. The Morgan fingerprint density at radius 1 is 1.25 bits per heavy atom. The molecule has 3 heterocycles. The lowest BCUT2D eigenvalue weighted by molar-refractivity contribution is -0.938. The van der Waals surface area contributed by atoms with Crippen molar-refractivity contribution in [2.24, 2.45) is 0 Å². The average molecular weight is 398 g/mol. The van der Waals surface area contributed by atoms with Crippen LogP contribution in [0.3, 0.4) is 0 Å². The molecule has 6 heteroatoms. The van der Waals surface area contributed by atoms with Crippen molar-refractivity contribution in [1.29, 1.82) is 0 Å². The van der Waals surface area contributed by atoms with Gasteiger partial charge in [0.1, 0.15) is 36.3 Å². The smallest absolute Gasteiger partial charge is 0.316 e. The number of esters is 1. The minimum atomic E-state index is -0.593. The summed E-state index contributed by atoms with van der Waals surface area (Å²) in [7, 11) is 4.51. The van der Waals surface area contributed by atoms with E-state index in [1.807, 2.05) is 30.3 Å². The summed E-state index contributed by atoms with van der Waals surface area (Å²) in [6.07, 6.45) is 2.34. The third-order valence-corrected chi connectivity index (χ3v) is 5.99. The number of hydrogen-bond donors (Lipinski definition) is 1. The van der Waals surface area contributed by atoms with Crippen LogP contribution in [0, 0.1) is 0 Å². The van der Waals surface area contributed by atoms with Gasteiger partial charge < -0.3 is 36.0 Å². The first-order valence-electron chi connectivity index (χ1n) is 8.37. The van der Waals surface area contributed by atoms with Crippen molar-refractivity contribution in [2.45, 2.75) is 49.2 Å². The summed E-state index contributed by atoms with van der Waals surface area (Å²) in [5.41, 5.74) is 0.807. The van der Waals surface area contributed by atoms with E-state index in [1.54, 1.807) is 0 Å². The van der Waals surface area contributed by atoms with Crippen molar-refractivity contribution in [2.75, 3.05) is 20.7 Å². The van der Waals surface area contributed by atoms with Crippen LogP contribution in [-0.2, 0) is 14.3 Å². The number of nitrogens with zero attached hydrogens (tertiary/aromatic N) is 1. The summed E-state index contributed by atoms with van der Waals surface area (Å²) >= 11 is 0. The van der Waals surface area contributed by atoms with Crippen LogP contribution in [0.2, 0.25) is 0 Å². The van der Waals surface area contributed by atoms with Crippen molar-refractivity contribution in [3.63, 3.8) is 0 Å². The monoisotopic (exact) mass is 397 g/mol. The number of hydrogen-bond acceptors (Lipinski definition) is 4. The lowest BCUT2D eigenvalue weighted by Crippen LogP contribution is -3.00. The Labute approximate surface area is 152 Å². The van der Waals surface area contributed by atoms with E-state index in [-0.39, 0.29) is 35.7 Å². The molecule has 1 aromatic rings. The Kier molecular flexibility index (Phi) is 4.77. The number of aliphatic hydroxyl groups is 1. The first kappa shape index (κ1) is 17.9. The number of ether oxygens (including phenoxy) is 2. The highest BCUT2D eigenvalue weighted by molar-refractivity contribution is 5.78. The number of aliphatic hydroxyl groups excluding tert-OH is 1. The fraction of sp³-hybridized carbons (Fsp3) is 0.611. The number of halogens is 1. The number of epoxide rings is 1. The molecule has 0 spiro atoms. The number of quaternary nitrogens is 1. The number of morpholine rings is 1. The first-order chi connectivity index (χ1) is 11.0. The first-order valence-corrected chi connectivity index (χ1v) is 8.37. The fourth-order valence-corrected chi connectivity index (χ4v) is 4.55. The molecule has 3 fully saturated rings. The van der Waals surface area contributed by atoms with Crippen LogP contribution >= 0.6 is 0 Å². The standard InChI is InChI=1S/C18H24NO4.BrH/c1-19(2)14-8-12(9-15(19)17-16(14)23-17)22-18(21)13(10-20)11-6-4-3-5-7-11;/h3-7,12-17,20H,8-10H2,1-2H3;1H/q+1;/p-1/t12?,13?,14-,15-,16-,17+;/m0./s1. The van der Waals surface area contributed by atoms with Crippen molar-refractivity contribution >= 4 is 5.97 Å². The third kappa shape index (κ3) is 2.79. The quantitative estimate of drug-likeness (QED) is 0.365. The topological polar surface area (TPSA) is 59.1 Å². The van der Waals surface area contributed by atoms with Gasteiger partial charge in [0.15, 0.2) is 0 Å². The van der Waals surface area contributed by atoms with Gasteiger partial charge in [-0.15, -0.1) is 0 Å². The van der Waals surface area contributed by atoms with E-state index >= 15 is 0 Å². The van der Waals surface area contributed by atoms with Gasteiger partial charge in [-0.05, 0) is 5.56 Å². The molecular formula is C18H24BrNO4. The van der Waals surface area contributed by atoms with Gasteiger partial charge in [-0.25, -0.2) is 0 Å². The Hall–Kier alpha value is -0.950. The lowest BCUT2D eigenvalue weighted by atomic mass is 9.95. The van der Waals surface area contributed by atoms with Gasteiger partial charge in [0.2, 0.25) is 0 Å². The molecule has 2 bridgehead atoms. The average Bonchev–Trinajstić information content (AvgIpc) is 3.27. The van der Waals surface area contributed by atoms with E-state index in [0.717, 1.165) is 22.9 Å². The number of likely N-dealkylation sites (N-methyl/N-ethyl adjacent to an activating group) is 1. The van der Waals surface area contributed by atoms with Crippen LogP contribution in [0.25, 0.3) is 0 Å². The molecule has 3 aliphatic rings. The highest BCUT2D eigenvalue weighted by Gasteiger charge is 2.70. The maximum Gasteiger partial charge on any atom is 0.316 e. The summed E-state index contributed by atoms with van der Waals surface area (Å²) in [4.78, 5) is 12.5. The van der Waals surface area contributed by atoms with E-state index in [9.17, 15) is 9.90 Å². The third-order valence-electron chi connectivity index (χ3n) is 5.99. The number of carbonyl (C=O) groups is 1. The van der Waals surface area contributed by atoms with Crippen molar-refractivity contribution in [3.8, 4) is 0 Å². The van der Waals surface area contributed by atoms with Crippen LogP contribution < -0.4 is 17.0 Å². The second-order valence-electron chi connectivity index (χ2n) is 7.51. The summed E-state index contributed by atoms with van der Waals surface area (Å²) in [5.74, 6) is -0.908. The molecule has 3 saturated heterocycles. The van der Waals surface area contributed by atoms with Crippen LogP contribution in [0.15, 0.2) is 30.3 Å². The minimum Gasteiger partial charge on any atom is -1.00 e. The predicted molar refractivity (Wildman–Crippen MR) is 83.7 cm³/mol. The summed E-state index contributed by atoms with van der Waals surface area (Å²) in [6, 6.07) is 10.2. The Morgan fingerprint density at radius 3 is 2.38 bits per heavy atom. The van der Waals surface area contributed by atoms with Crippen molar-refractivity contribution in [1.82, 2.24) is 0 Å². The molecule has 0 amide bonds. The SMILES string of the molecule is C[N+]1(C)[C@H]2CC(OC(=O)C(CO)c3ccccc3)C[C@H]1[C@H]1O[C@H]12.[Br-]. The lowest BCUT2D eigenvalue weighted by Gasteiger charge is -2.45. The molecular weight excluding hydrogens is 374 g/mol. The van der Waals surface area contributed by atoms with E-state index in [0.29, 0.717) is 24.3 Å². The molecule has 24 heavy (non-hydrogen) atoms. The molecule has 1 aromatic carbocycles. The fourth-order valence-electron chi connectivity index (χ4n) is 4.55. The van der Waals surface area contributed by atoms with Crippen LogP contribution in [0.1, 0.15) is 24.3 Å². The number of carbonyl (C=O) groups excluding carboxylic acids is 1. The van der Waals surface area contributed by atoms with Gasteiger partial charge in [-0.2, -0.15) is 0 Å². The van der Waals surface area contributed by atoms with E-state index < -0.39 is 5.92 Å². The zero-order valence-corrected chi connectivity index (χ0v) is 15.6. The maximum absolute atomic E-state index is 12.5. The van der Waals surface area contributed by atoms with Gasteiger partial charge >= 0.3 is 5.97 Å². The molecule has 3 aliphatic heterocycles. The van der Waals surface area contributed by atoms with Crippen LogP contribution in [0.4, 0.5) is 0 Å². The molecule has 6 atom stereocenters. The predicted octanol–water partition coefficient (Wildman–Crippen LogP) is -1.93. The highest BCUT2D eigenvalue weighted by atomic mass is 79.9. The highest BCUT2D eigenvalue weighted by Crippen LogP contribution is 2.51. The number of piperidine rings is 1. The molecule has 0 aliphatic carbocycles. The molecule has 5 nitrogen and oxygen atoms in total. The van der Waals surface area contributed by atoms with Gasteiger partial charge in [0.05, 0.1) is 20.7 Å². The van der Waals surface area contributed by atoms with Gasteiger partial charge in [0, 0.05) is 12.8 Å². The van der Waals surface area contributed by atoms with Crippen molar-refractivity contribution < 1.29 is 40.8 Å². The zero-order valence-electron chi connectivity index (χ0n) is 14.0. The molecule has 4 rings (SSSR count). The second-order valence-corrected chi connectivity index (χ2v) is 7.51. The molecule has 2 unspecified atom stereocenters. The Morgan fingerprint density at radius 2 is 1.83 bits per heavy atom. The Bertz CT molecular complexity index is 588. The molecule has 132 valence electrons. The minimum absolute atomic E-state index is 0. The summed E-state index contributed by atoms with van der Waals surface area (Å²) in [5, 5.41) is 9.60. The molecule has 1 N–H and O–H groups in total. The summed E-state index contributed by atoms with van der Waals surface area (Å²) < 4.78 is 12.5. The normalized spacial score (nSPS) is 36.2. The van der Waals surface area contributed by atoms with Crippen LogP contribution in [-0.4, -0.2) is 66.7 Å². The maximum atomic E-state index is 12.5. The zero-order chi connectivity index (χ0) is 16.2. The molecule has 0 aromatic heterocycles. The van der Waals surface area contributed by atoms with E-state index in [4.69, 9.17) is 9.47 Å². The summed E-state index contributed by atoms with van der Waals surface area (Å²) in [6.45, 7) is -0.224.